The zero-order valence-corrected chi connectivity index (χ0v) is 16.2. The molecule has 0 N–H and O–H groups in total. The van der Waals surface area contributed by atoms with Gasteiger partial charge in [-0.3, -0.25) is 14.4 Å². The molecular formula is C21H24N4O3. The van der Waals surface area contributed by atoms with E-state index in [1.54, 1.807) is 35.4 Å². The number of hydrogen-bond acceptors (Lipinski definition) is 5. The molecule has 0 atom stereocenters. The molecule has 2 aromatic rings. The van der Waals surface area contributed by atoms with E-state index in [-0.39, 0.29) is 24.1 Å². The van der Waals surface area contributed by atoms with Gasteiger partial charge < -0.3 is 14.7 Å². The molecule has 0 spiro atoms. The SMILES string of the molecule is CC(=O)c1cccc(N(CC(=O)N2CCN(c3ccccn3)CC2)C(C)=O)c1. The van der Waals surface area contributed by atoms with Crippen molar-refractivity contribution >= 4 is 29.1 Å². The number of rotatable bonds is 5. The molecule has 1 aliphatic heterocycles. The number of pyridine rings is 1. The number of nitrogens with zero attached hydrogens (tertiary/aromatic N) is 4. The molecule has 2 amide bonds. The Kier molecular flexibility index (Phi) is 6.03. The maximum absolute atomic E-state index is 12.8. The van der Waals surface area contributed by atoms with E-state index in [2.05, 4.69) is 9.88 Å². The van der Waals surface area contributed by atoms with Gasteiger partial charge >= 0.3 is 0 Å². The van der Waals surface area contributed by atoms with Gasteiger partial charge in [-0.1, -0.05) is 18.2 Å². The zero-order valence-electron chi connectivity index (χ0n) is 16.2. The fourth-order valence-corrected chi connectivity index (χ4v) is 3.24. The Bertz CT molecular complexity index is 861. The van der Waals surface area contributed by atoms with Crippen LogP contribution in [0.5, 0.6) is 0 Å². The molecule has 7 nitrogen and oxygen atoms in total. The Labute approximate surface area is 164 Å². The lowest BCUT2D eigenvalue weighted by atomic mass is 10.1. The second kappa shape index (κ2) is 8.65. The van der Waals surface area contributed by atoms with Gasteiger partial charge in [0.15, 0.2) is 5.78 Å². The van der Waals surface area contributed by atoms with E-state index in [0.29, 0.717) is 37.4 Å². The van der Waals surface area contributed by atoms with Crippen molar-refractivity contribution in [3.05, 3.63) is 54.2 Å². The fraction of sp³-hybridized carbons (Fsp3) is 0.333. The predicted octanol–water partition coefficient (Wildman–Crippen LogP) is 1.99. The van der Waals surface area contributed by atoms with E-state index in [0.717, 1.165) is 5.82 Å². The van der Waals surface area contributed by atoms with Crippen LogP contribution in [0.2, 0.25) is 0 Å². The van der Waals surface area contributed by atoms with Crippen LogP contribution in [0, 0.1) is 0 Å². The maximum atomic E-state index is 12.8. The first-order chi connectivity index (χ1) is 13.5. The molecule has 146 valence electrons. The van der Waals surface area contributed by atoms with E-state index in [1.807, 2.05) is 18.2 Å². The van der Waals surface area contributed by atoms with Crippen LogP contribution in [0.3, 0.4) is 0 Å². The first-order valence-electron chi connectivity index (χ1n) is 9.28. The van der Waals surface area contributed by atoms with Gasteiger partial charge in [0, 0.05) is 50.6 Å². The van der Waals surface area contributed by atoms with Crippen molar-refractivity contribution in [2.24, 2.45) is 0 Å². The Hall–Kier alpha value is -3.22. The van der Waals surface area contributed by atoms with Crippen molar-refractivity contribution in [2.45, 2.75) is 13.8 Å². The highest BCUT2D eigenvalue weighted by molar-refractivity contribution is 6.00. The lowest BCUT2D eigenvalue weighted by molar-refractivity contribution is -0.131. The topological polar surface area (TPSA) is 73.8 Å². The highest BCUT2D eigenvalue weighted by atomic mass is 16.2. The van der Waals surface area contributed by atoms with Crippen LogP contribution in [0.1, 0.15) is 24.2 Å². The Balaban J connectivity index is 1.65. The molecule has 0 saturated carbocycles. The summed E-state index contributed by atoms with van der Waals surface area (Å²) in [5, 5.41) is 0. The quantitative estimate of drug-likeness (QED) is 0.742. The van der Waals surface area contributed by atoms with Crippen LogP contribution >= 0.6 is 0 Å². The third kappa shape index (κ3) is 4.54. The summed E-state index contributed by atoms with van der Waals surface area (Å²) in [5.41, 5.74) is 1.07. The first-order valence-corrected chi connectivity index (χ1v) is 9.28. The molecule has 1 aliphatic rings. The molecule has 0 radical (unpaired) electrons. The average molecular weight is 380 g/mol. The third-order valence-electron chi connectivity index (χ3n) is 4.84. The van der Waals surface area contributed by atoms with Gasteiger partial charge in [0.2, 0.25) is 11.8 Å². The van der Waals surface area contributed by atoms with Crippen molar-refractivity contribution in [3.8, 4) is 0 Å². The highest BCUT2D eigenvalue weighted by Crippen LogP contribution is 2.18. The minimum atomic E-state index is -0.235. The number of amides is 2. The summed E-state index contributed by atoms with van der Waals surface area (Å²) in [6.45, 7) is 5.41. The van der Waals surface area contributed by atoms with Gasteiger partial charge in [-0.2, -0.15) is 0 Å². The van der Waals surface area contributed by atoms with Crippen molar-refractivity contribution in [3.63, 3.8) is 0 Å². The van der Waals surface area contributed by atoms with Crippen LogP contribution in [-0.2, 0) is 9.59 Å². The number of ketones is 1. The summed E-state index contributed by atoms with van der Waals surface area (Å²) in [4.78, 5) is 46.2. The summed E-state index contributed by atoms with van der Waals surface area (Å²) in [6, 6.07) is 12.6. The Morgan fingerprint density at radius 1 is 1.00 bits per heavy atom. The van der Waals surface area contributed by atoms with Crippen molar-refractivity contribution in [2.75, 3.05) is 42.5 Å². The van der Waals surface area contributed by atoms with E-state index < -0.39 is 0 Å². The van der Waals surface area contributed by atoms with Crippen LogP contribution in [0.4, 0.5) is 11.5 Å². The maximum Gasteiger partial charge on any atom is 0.242 e. The van der Waals surface area contributed by atoms with Crippen LogP contribution in [0.15, 0.2) is 48.7 Å². The lowest BCUT2D eigenvalue weighted by Crippen LogP contribution is -2.52. The number of piperazine rings is 1. The zero-order chi connectivity index (χ0) is 20.1. The number of anilines is 2. The number of benzene rings is 1. The summed E-state index contributed by atoms with van der Waals surface area (Å²) < 4.78 is 0. The van der Waals surface area contributed by atoms with Gasteiger partial charge in [0.25, 0.3) is 0 Å². The van der Waals surface area contributed by atoms with E-state index >= 15 is 0 Å². The smallest absolute Gasteiger partial charge is 0.242 e. The Morgan fingerprint density at radius 2 is 1.75 bits per heavy atom. The standard InChI is InChI=1S/C21H24N4O3/c1-16(26)18-6-5-7-19(14-18)25(17(2)27)15-21(28)24-12-10-23(11-13-24)20-8-3-4-9-22-20/h3-9,14H,10-13,15H2,1-2H3. The van der Waals surface area contributed by atoms with Gasteiger partial charge in [0.1, 0.15) is 12.4 Å². The average Bonchev–Trinajstić information content (AvgIpc) is 2.72. The van der Waals surface area contributed by atoms with Crippen LogP contribution in [0.25, 0.3) is 0 Å². The second-order valence-corrected chi connectivity index (χ2v) is 6.77. The predicted molar refractivity (Wildman–Crippen MR) is 108 cm³/mol. The molecule has 1 saturated heterocycles. The van der Waals surface area contributed by atoms with Gasteiger partial charge in [-0.05, 0) is 31.2 Å². The highest BCUT2D eigenvalue weighted by Gasteiger charge is 2.25. The van der Waals surface area contributed by atoms with E-state index in [1.165, 1.54) is 18.7 Å². The number of hydrogen-bond donors (Lipinski definition) is 0. The molecule has 0 aliphatic carbocycles. The summed E-state index contributed by atoms with van der Waals surface area (Å²) in [5.74, 6) is 0.480. The minimum absolute atomic E-state index is 0.0414. The molecule has 1 aromatic heterocycles. The fourth-order valence-electron chi connectivity index (χ4n) is 3.24. The second-order valence-electron chi connectivity index (χ2n) is 6.77. The number of carbonyl (C=O) groups is 3. The van der Waals surface area contributed by atoms with Gasteiger partial charge in [0.05, 0.1) is 0 Å². The minimum Gasteiger partial charge on any atom is -0.353 e. The third-order valence-corrected chi connectivity index (χ3v) is 4.84. The molecule has 0 bridgehead atoms. The molecule has 0 unspecified atom stereocenters. The summed E-state index contributed by atoms with van der Waals surface area (Å²) in [7, 11) is 0. The van der Waals surface area contributed by atoms with Crippen molar-refractivity contribution < 1.29 is 14.4 Å². The van der Waals surface area contributed by atoms with Crippen molar-refractivity contribution in [1.29, 1.82) is 0 Å². The molecular weight excluding hydrogens is 356 g/mol. The van der Waals surface area contributed by atoms with E-state index in [9.17, 15) is 14.4 Å². The molecule has 1 aromatic carbocycles. The normalized spacial score (nSPS) is 13.9. The molecule has 7 heteroatoms. The Morgan fingerprint density at radius 3 is 2.36 bits per heavy atom. The largest absolute Gasteiger partial charge is 0.353 e. The van der Waals surface area contributed by atoms with E-state index in [4.69, 9.17) is 0 Å². The van der Waals surface area contributed by atoms with Crippen LogP contribution < -0.4 is 9.80 Å². The van der Waals surface area contributed by atoms with Crippen LogP contribution in [-0.4, -0.2) is 60.2 Å². The summed E-state index contributed by atoms with van der Waals surface area (Å²) in [6.07, 6.45) is 1.76. The molecule has 1 fully saturated rings. The van der Waals surface area contributed by atoms with Crippen molar-refractivity contribution in [1.82, 2.24) is 9.88 Å². The first kappa shape index (κ1) is 19.5. The lowest BCUT2D eigenvalue weighted by Gasteiger charge is -2.36. The summed E-state index contributed by atoms with van der Waals surface area (Å²) >= 11 is 0. The molecule has 3 rings (SSSR count). The number of carbonyl (C=O) groups excluding carboxylic acids is 3. The number of Topliss-reactive ketones (excluding diaryl/α,β-unsaturated/α-hetero) is 1. The molecule has 2 heterocycles. The number of aromatic nitrogens is 1. The van der Waals surface area contributed by atoms with Gasteiger partial charge in [-0.15, -0.1) is 0 Å². The van der Waals surface area contributed by atoms with Gasteiger partial charge in [-0.25, -0.2) is 4.98 Å². The molecule has 28 heavy (non-hydrogen) atoms. The monoisotopic (exact) mass is 380 g/mol.